The van der Waals surface area contributed by atoms with E-state index in [1.807, 2.05) is 5.38 Å². The van der Waals surface area contributed by atoms with Crippen LogP contribution in [0.5, 0.6) is 0 Å². The maximum absolute atomic E-state index is 12.8. The number of aromatic nitrogens is 3. The second-order valence-corrected chi connectivity index (χ2v) is 7.59. The van der Waals surface area contributed by atoms with Crippen molar-refractivity contribution < 1.29 is 4.79 Å². The van der Waals surface area contributed by atoms with Crippen LogP contribution in [0.25, 0.3) is 10.8 Å². The predicted octanol–water partition coefficient (Wildman–Crippen LogP) is 3.32. The average Bonchev–Trinajstić information content (AvgIpc) is 3.36. The average molecular weight is 342 g/mol. The molecule has 4 rings (SSSR count). The second kappa shape index (κ2) is 6.97. The van der Waals surface area contributed by atoms with E-state index in [1.54, 1.807) is 18.5 Å². The Labute approximate surface area is 146 Å². The molecule has 0 unspecified atom stereocenters. The quantitative estimate of drug-likeness (QED) is 0.855. The molecule has 1 saturated carbocycles. The van der Waals surface area contributed by atoms with Gasteiger partial charge in [-0.15, -0.1) is 11.3 Å². The van der Waals surface area contributed by atoms with E-state index >= 15 is 0 Å². The summed E-state index contributed by atoms with van der Waals surface area (Å²) in [4.78, 5) is 27.9. The highest BCUT2D eigenvalue weighted by Gasteiger charge is 2.35. The summed E-state index contributed by atoms with van der Waals surface area (Å²) in [6.07, 6.45) is 11.4. The molecule has 1 aliphatic heterocycles. The lowest BCUT2D eigenvalue weighted by Crippen LogP contribution is -2.40. The van der Waals surface area contributed by atoms with Crippen molar-refractivity contribution in [3.05, 3.63) is 29.5 Å². The zero-order chi connectivity index (χ0) is 16.4. The molecule has 2 aromatic rings. The Balaban J connectivity index is 1.43. The Morgan fingerprint density at radius 1 is 1.17 bits per heavy atom. The third-order valence-corrected chi connectivity index (χ3v) is 6.09. The van der Waals surface area contributed by atoms with Crippen molar-refractivity contribution in [2.45, 2.75) is 51.0 Å². The molecule has 2 aromatic heterocycles. The maximum atomic E-state index is 12.8. The van der Waals surface area contributed by atoms with E-state index in [0.29, 0.717) is 18.3 Å². The van der Waals surface area contributed by atoms with Gasteiger partial charge < -0.3 is 4.90 Å². The second-order valence-electron chi connectivity index (χ2n) is 6.73. The van der Waals surface area contributed by atoms with Crippen molar-refractivity contribution in [2.24, 2.45) is 5.92 Å². The molecular formula is C18H22N4OS. The van der Waals surface area contributed by atoms with Gasteiger partial charge in [0.25, 0.3) is 0 Å². The van der Waals surface area contributed by atoms with Crippen LogP contribution in [0, 0.1) is 5.92 Å². The Bertz CT molecular complexity index is 696. The van der Waals surface area contributed by atoms with E-state index in [2.05, 4.69) is 19.9 Å². The lowest BCUT2D eigenvalue weighted by atomic mass is 9.96. The van der Waals surface area contributed by atoms with Crippen molar-refractivity contribution in [2.75, 3.05) is 6.54 Å². The van der Waals surface area contributed by atoms with Gasteiger partial charge in [0.1, 0.15) is 0 Å². The first-order valence-corrected chi connectivity index (χ1v) is 9.70. The molecule has 1 atom stereocenters. The Kier molecular flexibility index (Phi) is 4.56. The van der Waals surface area contributed by atoms with Gasteiger partial charge in [0.2, 0.25) is 5.91 Å². The van der Waals surface area contributed by atoms with E-state index < -0.39 is 0 Å². The van der Waals surface area contributed by atoms with Gasteiger partial charge in [0.15, 0.2) is 10.8 Å². The fourth-order valence-corrected chi connectivity index (χ4v) is 4.86. The number of carbonyl (C=O) groups excluding carboxylic acids is 1. The SMILES string of the molecule is O=C(Cc1csc(-c2ncccn2)n1)N1CCC[C@@H]1C1CCCC1. The van der Waals surface area contributed by atoms with Gasteiger partial charge in [0, 0.05) is 30.4 Å². The first kappa shape index (κ1) is 15.7. The van der Waals surface area contributed by atoms with Crippen LogP contribution in [0.2, 0.25) is 0 Å². The van der Waals surface area contributed by atoms with E-state index in [0.717, 1.165) is 29.6 Å². The van der Waals surface area contributed by atoms with Gasteiger partial charge in [-0.2, -0.15) is 0 Å². The van der Waals surface area contributed by atoms with Crippen molar-refractivity contribution in [1.82, 2.24) is 19.9 Å². The zero-order valence-electron chi connectivity index (χ0n) is 13.7. The van der Waals surface area contributed by atoms with Crippen molar-refractivity contribution >= 4 is 17.2 Å². The fourth-order valence-electron chi connectivity index (χ4n) is 4.09. The highest BCUT2D eigenvalue weighted by atomic mass is 32.1. The number of nitrogens with zero attached hydrogens (tertiary/aromatic N) is 4. The molecule has 2 fully saturated rings. The van der Waals surface area contributed by atoms with Crippen LogP contribution < -0.4 is 0 Å². The van der Waals surface area contributed by atoms with Crippen LogP contribution in [0.3, 0.4) is 0 Å². The van der Waals surface area contributed by atoms with Crippen LogP contribution in [0.1, 0.15) is 44.2 Å². The van der Waals surface area contributed by atoms with Gasteiger partial charge in [-0.1, -0.05) is 12.8 Å². The van der Waals surface area contributed by atoms with E-state index in [1.165, 1.54) is 43.4 Å². The minimum atomic E-state index is 0.232. The summed E-state index contributed by atoms with van der Waals surface area (Å²) in [5.74, 6) is 1.58. The topological polar surface area (TPSA) is 59.0 Å². The molecule has 0 bridgehead atoms. The first-order chi connectivity index (χ1) is 11.8. The molecule has 1 amide bonds. The van der Waals surface area contributed by atoms with Crippen LogP contribution in [-0.4, -0.2) is 38.3 Å². The van der Waals surface area contributed by atoms with Crippen molar-refractivity contribution in [3.8, 4) is 10.8 Å². The molecular weight excluding hydrogens is 320 g/mol. The summed E-state index contributed by atoms with van der Waals surface area (Å²) in [5.41, 5.74) is 0.838. The summed E-state index contributed by atoms with van der Waals surface area (Å²) >= 11 is 1.51. The van der Waals surface area contributed by atoms with Crippen LogP contribution in [0.4, 0.5) is 0 Å². The van der Waals surface area contributed by atoms with E-state index in [4.69, 9.17) is 0 Å². The number of amides is 1. The number of thiazole rings is 1. The van der Waals surface area contributed by atoms with Gasteiger partial charge in [-0.3, -0.25) is 4.79 Å². The largest absolute Gasteiger partial charge is 0.339 e. The highest BCUT2D eigenvalue weighted by molar-refractivity contribution is 7.13. The zero-order valence-corrected chi connectivity index (χ0v) is 14.5. The maximum Gasteiger partial charge on any atom is 0.228 e. The fraction of sp³-hybridized carbons (Fsp3) is 0.556. The van der Waals surface area contributed by atoms with E-state index in [-0.39, 0.29) is 5.91 Å². The molecule has 5 nitrogen and oxygen atoms in total. The van der Waals surface area contributed by atoms with Gasteiger partial charge in [0.05, 0.1) is 12.1 Å². The van der Waals surface area contributed by atoms with Crippen LogP contribution >= 0.6 is 11.3 Å². The van der Waals surface area contributed by atoms with Crippen molar-refractivity contribution in [1.29, 1.82) is 0 Å². The Morgan fingerprint density at radius 2 is 1.96 bits per heavy atom. The Hall–Kier alpha value is -1.82. The number of hydrogen-bond acceptors (Lipinski definition) is 5. The minimum Gasteiger partial charge on any atom is -0.339 e. The van der Waals surface area contributed by atoms with Gasteiger partial charge in [-0.25, -0.2) is 15.0 Å². The van der Waals surface area contributed by atoms with Crippen LogP contribution in [0.15, 0.2) is 23.8 Å². The monoisotopic (exact) mass is 342 g/mol. The summed E-state index contributed by atoms with van der Waals surface area (Å²) in [6.45, 7) is 0.915. The number of likely N-dealkylation sites (tertiary alicyclic amines) is 1. The van der Waals surface area contributed by atoms with E-state index in [9.17, 15) is 4.79 Å². The molecule has 2 aliphatic rings. The molecule has 6 heteroatoms. The van der Waals surface area contributed by atoms with Gasteiger partial charge in [-0.05, 0) is 37.7 Å². The summed E-state index contributed by atoms with van der Waals surface area (Å²) in [6, 6.07) is 2.26. The molecule has 0 N–H and O–H groups in total. The Morgan fingerprint density at radius 3 is 2.75 bits per heavy atom. The number of hydrogen-bond donors (Lipinski definition) is 0. The molecule has 24 heavy (non-hydrogen) atoms. The molecule has 1 aliphatic carbocycles. The lowest BCUT2D eigenvalue weighted by molar-refractivity contribution is -0.132. The molecule has 0 aromatic carbocycles. The minimum absolute atomic E-state index is 0.232. The smallest absolute Gasteiger partial charge is 0.228 e. The molecule has 0 radical (unpaired) electrons. The highest BCUT2D eigenvalue weighted by Crippen LogP contribution is 2.35. The number of carbonyl (C=O) groups is 1. The third kappa shape index (κ3) is 3.20. The van der Waals surface area contributed by atoms with Crippen LogP contribution in [-0.2, 0) is 11.2 Å². The summed E-state index contributed by atoms with van der Waals surface area (Å²) in [5, 5.41) is 2.75. The number of rotatable bonds is 4. The third-order valence-electron chi connectivity index (χ3n) is 5.20. The first-order valence-electron chi connectivity index (χ1n) is 8.82. The van der Waals surface area contributed by atoms with Crippen molar-refractivity contribution in [3.63, 3.8) is 0 Å². The standard InChI is InChI=1S/C18H22N4OS/c23-16(22-10-3-7-15(22)13-5-1-2-6-13)11-14-12-24-18(21-14)17-19-8-4-9-20-17/h4,8-9,12-13,15H,1-3,5-7,10-11H2/t15-/m1/s1. The summed E-state index contributed by atoms with van der Waals surface area (Å²) in [7, 11) is 0. The lowest BCUT2D eigenvalue weighted by Gasteiger charge is -2.29. The molecule has 1 saturated heterocycles. The molecule has 3 heterocycles. The molecule has 0 spiro atoms. The molecule has 126 valence electrons. The summed E-state index contributed by atoms with van der Waals surface area (Å²) < 4.78 is 0. The predicted molar refractivity (Wildman–Crippen MR) is 93.5 cm³/mol. The van der Waals surface area contributed by atoms with Gasteiger partial charge >= 0.3 is 0 Å². The normalized spacial score (nSPS) is 21.5.